The number of hydrogen-bond donors (Lipinski definition) is 3. The van der Waals surface area contributed by atoms with Crippen molar-refractivity contribution in [2.24, 2.45) is 5.16 Å². The third kappa shape index (κ3) is 4.14. The van der Waals surface area contributed by atoms with E-state index < -0.39 is 35.6 Å². The van der Waals surface area contributed by atoms with E-state index in [0.717, 1.165) is 34.1 Å². The number of allylic oxidation sites excluding steroid dienone is 2. The fourth-order valence-electron chi connectivity index (χ4n) is 2.86. The normalized spacial score (nSPS) is 21.7. The van der Waals surface area contributed by atoms with E-state index in [0.29, 0.717) is 6.08 Å². The molecule has 2 amide bonds. The molecule has 14 heteroatoms. The number of anilines is 1. The minimum absolute atomic E-state index is 0.0767. The molecule has 0 bridgehead atoms. The number of β-lactam (4-membered cyclic amide) rings is 1. The Kier molecular flexibility index (Phi) is 6.36. The summed E-state index contributed by atoms with van der Waals surface area (Å²) >= 11 is 2.22. The quantitative estimate of drug-likeness (QED) is 0.306. The molecule has 160 valence electrons. The average Bonchev–Trinajstić information content (AvgIpc) is 3.13. The first kappa shape index (κ1) is 21.7. The maximum absolute atomic E-state index is 12.6. The zero-order valence-corrected chi connectivity index (χ0v) is 16.9. The van der Waals surface area contributed by atoms with Crippen LogP contribution in [0.3, 0.4) is 0 Å². The maximum atomic E-state index is 12.6. The lowest BCUT2D eigenvalue weighted by Crippen LogP contribution is -2.71. The highest BCUT2D eigenvalue weighted by Gasteiger charge is 2.54. The number of nitrogens with two attached hydrogens (primary N) is 1. The molecule has 0 unspecified atom stereocenters. The molecule has 2 atom stereocenters. The summed E-state index contributed by atoms with van der Waals surface area (Å²) in [6.07, 6.45) is -1.21. The summed E-state index contributed by atoms with van der Waals surface area (Å²) in [6, 6.07) is -1.03. The molecule has 1 aromatic rings. The van der Waals surface area contributed by atoms with Gasteiger partial charge in [-0.3, -0.25) is 14.5 Å². The van der Waals surface area contributed by atoms with Crippen molar-refractivity contribution in [1.82, 2.24) is 15.2 Å². The lowest BCUT2D eigenvalue weighted by Gasteiger charge is -2.49. The summed E-state index contributed by atoms with van der Waals surface area (Å²) in [7, 11) is 1.23. The van der Waals surface area contributed by atoms with Gasteiger partial charge in [-0.25, -0.2) is 18.6 Å². The van der Waals surface area contributed by atoms with E-state index in [1.54, 1.807) is 0 Å². The van der Waals surface area contributed by atoms with E-state index in [9.17, 15) is 28.3 Å². The van der Waals surface area contributed by atoms with Crippen molar-refractivity contribution in [1.29, 1.82) is 0 Å². The molecule has 0 saturated carbocycles. The van der Waals surface area contributed by atoms with Crippen LogP contribution < -0.4 is 11.1 Å². The molecule has 1 saturated heterocycles. The van der Waals surface area contributed by atoms with Crippen molar-refractivity contribution in [3.05, 3.63) is 34.5 Å². The van der Waals surface area contributed by atoms with Crippen molar-refractivity contribution in [2.45, 2.75) is 17.8 Å². The van der Waals surface area contributed by atoms with Gasteiger partial charge in [0.1, 0.15) is 29.9 Å². The number of hydrogen-bond acceptors (Lipinski definition) is 9. The first-order valence-electron chi connectivity index (χ1n) is 8.25. The topological polar surface area (TPSA) is 147 Å². The van der Waals surface area contributed by atoms with Crippen LogP contribution in [-0.4, -0.2) is 69.2 Å². The van der Waals surface area contributed by atoms with E-state index in [4.69, 9.17) is 5.73 Å². The Morgan fingerprint density at radius 2 is 2.27 bits per heavy atom. The number of nitrogens with zero attached hydrogens (tertiary/aromatic N) is 3. The minimum Gasteiger partial charge on any atom is -0.477 e. The molecule has 0 aliphatic carbocycles. The summed E-state index contributed by atoms with van der Waals surface area (Å²) in [5.74, 6) is -2.79. The number of nitrogen functional groups attached to an aromatic ring is 1. The molecule has 2 aliphatic heterocycles. The van der Waals surface area contributed by atoms with E-state index in [-0.39, 0.29) is 33.6 Å². The van der Waals surface area contributed by atoms with Gasteiger partial charge in [-0.1, -0.05) is 11.2 Å². The molecule has 30 heavy (non-hydrogen) atoms. The predicted octanol–water partition coefficient (Wildman–Crippen LogP) is 0.636. The third-order valence-corrected chi connectivity index (χ3v) is 6.07. The van der Waals surface area contributed by atoms with Crippen LogP contribution in [0.1, 0.15) is 5.69 Å². The molecular weight excluding hydrogens is 444 g/mol. The number of carboxylic acid groups (broad SMARTS) is 1. The second-order valence-electron chi connectivity index (χ2n) is 5.93. The Bertz CT molecular complexity index is 977. The van der Waals surface area contributed by atoms with Crippen LogP contribution in [-0.2, 0) is 19.2 Å². The molecule has 0 spiro atoms. The zero-order valence-electron chi connectivity index (χ0n) is 15.2. The van der Waals surface area contributed by atoms with Crippen LogP contribution in [0.2, 0.25) is 0 Å². The average molecular weight is 459 g/mol. The number of amides is 2. The molecular formula is C16H15F2N5O5S2. The number of carbonyl (C=O) groups excluding carboxylic acids is 2. The summed E-state index contributed by atoms with van der Waals surface area (Å²) in [5.41, 5.74) is 5.22. The Morgan fingerprint density at radius 1 is 1.53 bits per heavy atom. The first-order valence-corrected chi connectivity index (χ1v) is 10.2. The fourth-order valence-corrected chi connectivity index (χ4v) is 4.73. The number of carboxylic acids is 1. The predicted molar refractivity (Wildman–Crippen MR) is 105 cm³/mol. The van der Waals surface area contributed by atoms with Crippen molar-refractivity contribution < 1.29 is 33.1 Å². The third-order valence-electron chi connectivity index (χ3n) is 4.09. The highest BCUT2D eigenvalue weighted by molar-refractivity contribution is 8.00. The van der Waals surface area contributed by atoms with Gasteiger partial charge in [0.2, 0.25) is 0 Å². The largest absolute Gasteiger partial charge is 0.477 e. The number of nitrogens with one attached hydrogen (secondary N) is 1. The van der Waals surface area contributed by atoms with Gasteiger partial charge in [0.15, 0.2) is 10.8 Å². The number of fused-ring (bicyclic) bond motifs is 1. The number of aromatic nitrogens is 1. The van der Waals surface area contributed by atoms with Crippen molar-refractivity contribution in [3.63, 3.8) is 0 Å². The lowest BCUT2D eigenvalue weighted by atomic mass is 10.0. The highest BCUT2D eigenvalue weighted by atomic mass is 32.2. The van der Waals surface area contributed by atoms with E-state index in [1.165, 1.54) is 12.5 Å². The van der Waals surface area contributed by atoms with E-state index in [2.05, 4.69) is 20.3 Å². The summed E-state index contributed by atoms with van der Waals surface area (Å²) in [5, 5.41) is 16.6. The molecule has 3 rings (SSSR count). The van der Waals surface area contributed by atoms with Crippen LogP contribution >= 0.6 is 23.1 Å². The van der Waals surface area contributed by atoms with Gasteiger partial charge in [-0.05, 0) is 11.6 Å². The number of alkyl halides is 2. The van der Waals surface area contributed by atoms with Gasteiger partial charge >= 0.3 is 5.97 Å². The van der Waals surface area contributed by atoms with Gasteiger partial charge in [0.25, 0.3) is 18.2 Å². The number of thiazole rings is 1. The van der Waals surface area contributed by atoms with Gasteiger partial charge in [-0.2, -0.15) is 0 Å². The lowest BCUT2D eigenvalue weighted by molar-refractivity contribution is -0.150. The highest BCUT2D eigenvalue weighted by Crippen LogP contribution is 2.40. The number of oxime groups is 1. The van der Waals surface area contributed by atoms with Crippen LogP contribution in [0.5, 0.6) is 0 Å². The van der Waals surface area contributed by atoms with Crippen molar-refractivity contribution >= 4 is 51.7 Å². The van der Waals surface area contributed by atoms with Gasteiger partial charge < -0.3 is 21.0 Å². The fraction of sp³-hybridized carbons (Fsp3) is 0.312. The second kappa shape index (κ2) is 8.79. The Hall–Kier alpha value is -3.00. The smallest absolute Gasteiger partial charge is 0.352 e. The van der Waals surface area contributed by atoms with Crippen LogP contribution in [0.25, 0.3) is 0 Å². The molecule has 0 aromatic carbocycles. The minimum atomic E-state index is -2.76. The number of rotatable bonds is 7. The van der Waals surface area contributed by atoms with Gasteiger partial charge in [0.05, 0.1) is 0 Å². The standard InChI is InChI=1S/C16H15F2N5O5S2/c1-28-22-9(7-5-30-16(19)20-7)12(24)21-10-13(25)23-11(15(26)27)6(2-3-8(17)18)4-29-14(10)23/h2-3,5,8,10,14H,4H2,1H3,(H2,19,20)(H,21,24)(H,26,27)/b3-2+,22-9-/t10-,14-/m1/s1. The molecule has 4 N–H and O–H groups in total. The van der Waals surface area contributed by atoms with Crippen LogP contribution in [0.4, 0.5) is 13.9 Å². The molecule has 10 nitrogen and oxygen atoms in total. The summed E-state index contributed by atoms with van der Waals surface area (Å²) in [4.78, 5) is 46.4. The molecule has 1 aromatic heterocycles. The van der Waals surface area contributed by atoms with Crippen LogP contribution in [0, 0.1) is 0 Å². The van der Waals surface area contributed by atoms with Gasteiger partial charge in [0, 0.05) is 11.1 Å². The number of aliphatic carboxylic acids is 1. The van der Waals surface area contributed by atoms with Crippen LogP contribution in [0.15, 0.2) is 34.0 Å². The summed E-state index contributed by atoms with van der Waals surface area (Å²) < 4.78 is 24.9. The van der Waals surface area contributed by atoms with E-state index in [1.807, 2.05) is 0 Å². The molecule has 2 aliphatic rings. The molecule has 0 radical (unpaired) electrons. The van der Waals surface area contributed by atoms with Crippen molar-refractivity contribution in [3.8, 4) is 0 Å². The SMILES string of the molecule is CO/N=C(\C(=O)N[C@@H]1C(=O)N2C(C(=O)O)=C(/C=C/C(F)F)CS[C@H]12)c1csc(N)n1. The monoisotopic (exact) mass is 459 g/mol. The number of thioether (sulfide) groups is 1. The molecule has 3 heterocycles. The molecule has 1 fully saturated rings. The summed E-state index contributed by atoms with van der Waals surface area (Å²) in [6.45, 7) is 0. The van der Waals surface area contributed by atoms with Gasteiger partial charge in [-0.15, -0.1) is 23.1 Å². The zero-order chi connectivity index (χ0) is 22.0. The Balaban J connectivity index is 1.80. The second-order valence-corrected chi connectivity index (χ2v) is 7.92. The number of carbonyl (C=O) groups is 3. The first-order chi connectivity index (χ1) is 14.2. The Labute approximate surface area is 176 Å². The van der Waals surface area contributed by atoms with E-state index >= 15 is 0 Å². The van der Waals surface area contributed by atoms with Crippen molar-refractivity contribution in [2.75, 3.05) is 18.6 Å². The maximum Gasteiger partial charge on any atom is 0.352 e. The number of halogens is 2. The Morgan fingerprint density at radius 3 is 2.83 bits per heavy atom.